The lowest BCUT2D eigenvalue weighted by atomic mass is 9.80. The molecule has 0 bridgehead atoms. The molecule has 1 aromatic rings. The van der Waals surface area contributed by atoms with Gasteiger partial charge in [0, 0.05) is 38.3 Å². The molecule has 212 valence electrons. The quantitative estimate of drug-likeness (QED) is 0.234. The van der Waals surface area contributed by atoms with Crippen molar-refractivity contribution in [3.8, 4) is 5.75 Å². The maximum atomic E-state index is 13.0. The van der Waals surface area contributed by atoms with Gasteiger partial charge in [0.2, 0.25) is 5.91 Å². The fraction of sp³-hybridized carbons (Fsp3) is 0.767. The lowest BCUT2D eigenvalue weighted by Crippen LogP contribution is -2.45. The number of nitrogens with two attached hydrogens (primary N) is 1. The number of ether oxygens (including phenoxy) is 2. The molecule has 5 N–H and O–H groups in total. The molecule has 7 nitrogen and oxygen atoms in total. The smallest absolute Gasteiger partial charge is 0.223 e. The van der Waals surface area contributed by atoms with Crippen LogP contribution in [0.2, 0.25) is 0 Å². The molecule has 37 heavy (non-hydrogen) atoms. The first-order valence-electron chi connectivity index (χ1n) is 14.3. The van der Waals surface area contributed by atoms with Crippen LogP contribution in [0.25, 0.3) is 0 Å². The maximum absolute atomic E-state index is 13.0. The Hall–Kier alpha value is -1.67. The van der Waals surface area contributed by atoms with E-state index in [4.69, 9.17) is 15.2 Å². The summed E-state index contributed by atoms with van der Waals surface area (Å²) in [7, 11) is 3.46. The molecule has 1 aliphatic rings. The topological polar surface area (TPSA) is 106 Å². The Morgan fingerprint density at radius 3 is 2.51 bits per heavy atom. The molecule has 0 aromatic heterocycles. The molecule has 0 spiro atoms. The maximum Gasteiger partial charge on any atom is 0.223 e. The molecule has 2 rings (SSSR count). The molecule has 1 aromatic carbocycles. The number of aliphatic hydroxyl groups is 1. The molecule has 0 radical (unpaired) electrons. The van der Waals surface area contributed by atoms with E-state index in [1.54, 1.807) is 14.2 Å². The van der Waals surface area contributed by atoms with Crippen molar-refractivity contribution in [1.29, 1.82) is 0 Å². The average molecular weight is 520 g/mol. The van der Waals surface area contributed by atoms with Gasteiger partial charge in [-0.05, 0) is 86.4 Å². The van der Waals surface area contributed by atoms with Crippen molar-refractivity contribution in [2.75, 3.05) is 33.9 Å². The fourth-order valence-corrected chi connectivity index (χ4v) is 5.32. The normalized spacial score (nSPS) is 19.1. The number of carbonyl (C=O) groups is 1. The number of unbranched alkanes of at least 4 members (excludes halogenated alkanes) is 1. The van der Waals surface area contributed by atoms with Gasteiger partial charge in [0.15, 0.2) is 0 Å². The van der Waals surface area contributed by atoms with Crippen LogP contribution in [0.15, 0.2) is 18.2 Å². The SMILES string of the molecule is COCCCCc1cc(CC(C[C@H](N)[C@@H](O)C[C@H](C(=O)N[C@H]2CCNC2)C(C)C)C(C)C)ccc1OC. The summed E-state index contributed by atoms with van der Waals surface area (Å²) in [4.78, 5) is 13.0. The van der Waals surface area contributed by atoms with Gasteiger partial charge in [-0.2, -0.15) is 0 Å². The molecule has 1 saturated heterocycles. The van der Waals surface area contributed by atoms with Gasteiger partial charge in [-0.15, -0.1) is 0 Å². The van der Waals surface area contributed by atoms with E-state index in [1.807, 2.05) is 13.8 Å². The molecule has 1 aliphatic heterocycles. The molecule has 0 saturated carbocycles. The zero-order valence-electron chi connectivity index (χ0n) is 24.1. The molecular formula is C30H53N3O4. The van der Waals surface area contributed by atoms with Crippen LogP contribution in [0.5, 0.6) is 5.75 Å². The highest BCUT2D eigenvalue weighted by Gasteiger charge is 2.31. The number of amides is 1. The number of aryl methyl sites for hydroxylation is 1. The molecule has 1 amide bonds. The third-order valence-electron chi connectivity index (χ3n) is 7.94. The van der Waals surface area contributed by atoms with Crippen molar-refractivity contribution in [3.63, 3.8) is 0 Å². The second-order valence-corrected chi connectivity index (χ2v) is 11.6. The third kappa shape index (κ3) is 10.5. The van der Waals surface area contributed by atoms with E-state index in [-0.39, 0.29) is 29.8 Å². The first kappa shape index (κ1) is 31.5. The van der Waals surface area contributed by atoms with Crippen molar-refractivity contribution in [2.45, 2.75) is 90.8 Å². The zero-order chi connectivity index (χ0) is 27.4. The van der Waals surface area contributed by atoms with Crippen LogP contribution in [0, 0.1) is 23.7 Å². The highest BCUT2D eigenvalue weighted by atomic mass is 16.5. The highest BCUT2D eigenvalue weighted by Crippen LogP contribution is 2.28. The molecule has 7 heteroatoms. The Bertz CT molecular complexity index is 795. The standard InChI is InChI=1S/C30H53N3O4/c1-20(2)24(16-22-10-11-29(37-6)23(15-22)9-7-8-14-36-5)17-27(31)28(34)18-26(21(3)4)30(35)33-25-12-13-32-19-25/h10-11,15,20-21,24-28,32,34H,7-9,12-14,16-19,31H2,1-6H3,(H,33,35)/t24?,25-,26-,27-,28-/m0/s1. The van der Waals surface area contributed by atoms with Crippen LogP contribution in [0.1, 0.15) is 70.9 Å². The summed E-state index contributed by atoms with van der Waals surface area (Å²) in [5.74, 6) is 1.60. The van der Waals surface area contributed by atoms with E-state index in [0.717, 1.165) is 57.6 Å². The van der Waals surface area contributed by atoms with E-state index in [2.05, 4.69) is 42.7 Å². The van der Waals surface area contributed by atoms with E-state index < -0.39 is 6.10 Å². The van der Waals surface area contributed by atoms with E-state index in [1.165, 1.54) is 11.1 Å². The number of hydrogen-bond acceptors (Lipinski definition) is 6. The van der Waals surface area contributed by atoms with Gasteiger partial charge in [-0.1, -0.05) is 39.8 Å². The molecular weight excluding hydrogens is 466 g/mol. The van der Waals surface area contributed by atoms with E-state index >= 15 is 0 Å². The predicted octanol–water partition coefficient (Wildman–Crippen LogP) is 3.70. The van der Waals surface area contributed by atoms with Crippen LogP contribution in [-0.2, 0) is 22.4 Å². The second kappa shape index (κ2) is 16.3. The van der Waals surface area contributed by atoms with Gasteiger partial charge < -0.3 is 30.9 Å². The van der Waals surface area contributed by atoms with Crippen LogP contribution in [0.3, 0.4) is 0 Å². The summed E-state index contributed by atoms with van der Waals surface area (Å²) < 4.78 is 10.8. The molecule has 5 atom stereocenters. The van der Waals surface area contributed by atoms with Crippen molar-refractivity contribution in [1.82, 2.24) is 10.6 Å². The van der Waals surface area contributed by atoms with Crippen molar-refractivity contribution in [2.24, 2.45) is 29.4 Å². The molecule has 1 fully saturated rings. The van der Waals surface area contributed by atoms with Crippen molar-refractivity contribution < 1.29 is 19.4 Å². The number of methoxy groups -OCH3 is 2. The first-order chi connectivity index (χ1) is 17.7. The van der Waals surface area contributed by atoms with Crippen molar-refractivity contribution >= 4 is 5.91 Å². The Kier molecular flexibility index (Phi) is 13.9. The highest BCUT2D eigenvalue weighted by molar-refractivity contribution is 5.79. The van der Waals surface area contributed by atoms with Crippen LogP contribution < -0.4 is 21.1 Å². The first-order valence-corrected chi connectivity index (χ1v) is 14.3. The second-order valence-electron chi connectivity index (χ2n) is 11.6. The van der Waals surface area contributed by atoms with Crippen LogP contribution in [0.4, 0.5) is 0 Å². The number of benzene rings is 1. The van der Waals surface area contributed by atoms with Gasteiger partial charge in [-0.3, -0.25) is 4.79 Å². The summed E-state index contributed by atoms with van der Waals surface area (Å²) in [6, 6.07) is 6.28. The van der Waals surface area contributed by atoms with E-state index in [9.17, 15) is 9.90 Å². The van der Waals surface area contributed by atoms with Crippen molar-refractivity contribution in [3.05, 3.63) is 29.3 Å². The summed E-state index contributed by atoms with van der Waals surface area (Å²) >= 11 is 0. The van der Waals surface area contributed by atoms with Crippen LogP contribution in [-0.4, -0.2) is 63.1 Å². The summed E-state index contributed by atoms with van der Waals surface area (Å²) in [5, 5.41) is 17.5. The minimum Gasteiger partial charge on any atom is -0.496 e. The third-order valence-corrected chi connectivity index (χ3v) is 7.94. The fourth-order valence-electron chi connectivity index (χ4n) is 5.32. The average Bonchev–Trinajstić information content (AvgIpc) is 3.37. The van der Waals surface area contributed by atoms with Gasteiger partial charge in [0.05, 0.1) is 13.2 Å². The Labute approximate surface area is 225 Å². The summed E-state index contributed by atoms with van der Waals surface area (Å²) in [6.45, 7) is 11.1. The molecule has 1 unspecified atom stereocenters. The minimum atomic E-state index is -0.715. The molecule has 0 aliphatic carbocycles. The number of carbonyl (C=O) groups excluding carboxylic acids is 1. The summed E-state index contributed by atoms with van der Waals surface area (Å²) in [6.07, 6.45) is 5.29. The molecule has 1 heterocycles. The van der Waals surface area contributed by atoms with Crippen LogP contribution >= 0.6 is 0 Å². The van der Waals surface area contributed by atoms with Gasteiger partial charge >= 0.3 is 0 Å². The number of rotatable bonds is 17. The van der Waals surface area contributed by atoms with E-state index in [0.29, 0.717) is 24.7 Å². The lowest BCUT2D eigenvalue weighted by Gasteiger charge is -2.30. The minimum absolute atomic E-state index is 0.0339. The number of nitrogens with one attached hydrogen (secondary N) is 2. The number of aliphatic hydroxyl groups excluding tert-OH is 1. The Morgan fingerprint density at radius 2 is 1.92 bits per heavy atom. The largest absolute Gasteiger partial charge is 0.496 e. The Balaban J connectivity index is 2.00. The number of hydrogen-bond donors (Lipinski definition) is 4. The summed E-state index contributed by atoms with van der Waals surface area (Å²) in [5.41, 5.74) is 9.07. The lowest BCUT2D eigenvalue weighted by molar-refractivity contribution is -0.128. The monoisotopic (exact) mass is 519 g/mol. The van der Waals surface area contributed by atoms with Gasteiger partial charge in [-0.25, -0.2) is 0 Å². The van der Waals surface area contributed by atoms with Gasteiger partial charge in [0.1, 0.15) is 5.75 Å². The zero-order valence-corrected chi connectivity index (χ0v) is 24.1. The Morgan fingerprint density at radius 1 is 1.16 bits per heavy atom. The van der Waals surface area contributed by atoms with Gasteiger partial charge in [0.25, 0.3) is 0 Å². The predicted molar refractivity (Wildman–Crippen MR) is 151 cm³/mol.